The van der Waals surface area contributed by atoms with Crippen LogP contribution in [0, 0.1) is 5.82 Å². The number of likely N-dealkylation sites (tertiary alicyclic amines) is 1. The number of hydrogen-bond donors (Lipinski definition) is 0. The first-order valence-electron chi connectivity index (χ1n) is 9.15. The summed E-state index contributed by atoms with van der Waals surface area (Å²) in [4.78, 5) is 28.6. The van der Waals surface area contributed by atoms with Gasteiger partial charge in [-0.15, -0.1) is 0 Å². The smallest absolute Gasteiger partial charge is 0.251 e. The van der Waals surface area contributed by atoms with Crippen molar-refractivity contribution in [2.24, 2.45) is 0 Å². The molecule has 2 amide bonds. The van der Waals surface area contributed by atoms with Gasteiger partial charge < -0.3 is 0 Å². The van der Waals surface area contributed by atoms with Crippen molar-refractivity contribution in [3.05, 3.63) is 64.9 Å². The minimum atomic E-state index is -0.570. The van der Waals surface area contributed by atoms with Crippen LogP contribution in [0.25, 0.3) is 0 Å². The summed E-state index contributed by atoms with van der Waals surface area (Å²) >= 11 is 5.81. The first-order chi connectivity index (χ1) is 13.0. The molecule has 4 rings (SSSR count). The topological polar surface area (TPSA) is 40.6 Å². The molecule has 2 aromatic rings. The van der Waals surface area contributed by atoms with Gasteiger partial charge in [0.05, 0.1) is 23.2 Å². The van der Waals surface area contributed by atoms with Crippen LogP contribution < -0.4 is 4.90 Å². The van der Waals surface area contributed by atoms with E-state index in [1.165, 1.54) is 23.8 Å². The maximum Gasteiger partial charge on any atom is 0.251 e. The normalized spacial score (nSPS) is 21.9. The van der Waals surface area contributed by atoms with Gasteiger partial charge in [0.25, 0.3) is 5.91 Å². The molecule has 140 valence electrons. The van der Waals surface area contributed by atoms with Crippen LogP contribution >= 0.6 is 11.6 Å². The molecule has 0 N–H and O–H groups in total. The van der Waals surface area contributed by atoms with E-state index in [1.807, 2.05) is 18.2 Å². The fourth-order valence-electron chi connectivity index (χ4n) is 4.07. The molecular formula is C21H20ClFN2O2. The van der Waals surface area contributed by atoms with Gasteiger partial charge in [0.1, 0.15) is 5.82 Å². The molecule has 2 heterocycles. The molecule has 1 atom stereocenters. The average Bonchev–Trinajstić information content (AvgIpc) is 2.99. The number of benzene rings is 2. The van der Waals surface area contributed by atoms with Gasteiger partial charge in [-0.3, -0.25) is 14.5 Å². The lowest BCUT2D eigenvalue weighted by Gasteiger charge is -2.35. The van der Waals surface area contributed by atoms with Crippen LogP contribution in [-0.2, 0) is 9.59 Å². The Balaban J connectivity index is 1.45. The highest BCUT2D eigenvalue weighted by Crippen LogP contribution is 2.33. The van der Waals surface area contributed by atoms with Gasteiger partial charge in [-0.1, -0.05) is 41.9 Å². The maximum atomic E-state index is 13.4. The van der Waals surface area contributed by atoms with Crippen molar-refractivity contribution in [1.29, 1.82) is 0 Å². The first kappa shape index (κ1) is 18.1. The molecule has 0 bridgehead atoms. The van der Waals surface area contributed by atoms with E-state index in [0.717, 1.165) is 30.8 Å². The molecular weight excluding hydrogens is 367 g/mol. The summed E-state index contributed by atoms with van der Waals surface area (Å²) in [6.07, 6.45) is 2.08. The molecule has 2 fully saturated rings. The van der Waals surface area contributed by atoms with Crippen LogP contribution in [0.2, 0.25) is 5.02 Å². The van der Waals surface area contributed by atoms with Gasteiger partial charge in [0, 0.05) is 0 Å². The molecule has 0 saturated carbocycles. The molecule has 6 heteroatoms. The van der Waals surface area contributed by atoms with Gasteiger partial charge in [-0.2, -0.15) is 0 Å². The number of carbonyl (C=O) groups is 2. The summed E-state index contributed by atoms with van der Waals surface area (Å²) in [5, 5.41) is -0.0970. The quantitative estimate of drug-likeness (QED) is 0.749. The summed E-state index contributed by atoms with van der Waals surface area (Å²) in [5.74, 6) is -0.598. The van der Waals surface area contributed by atoms with Crippen molar-refractivity contribution < 1.29 is 14.0 Å². The first-order valence-corrected chi connectivity index (χ1v) is 9.53. The van der Waals surface area contributed by atoms with Crippen LogP contribution in [-0.4, -0.2) is 35.8 Å². The van der Waals surface area contributed by atoms with Gasteiger partial charge >= 0.3 is 0 Å². The second-order valence-corrected chi connectivity index (χ2v) is 7.51. The highest BCUT2D eigenvalue weighted by molar-refractivity contribution is 6.31. The number of amides is 2. The molecule has 0 aliphatic carbocycles. The standard InChI is InChI=1S/C21H20ClFN2O2/c22-17-12-16(6-7-18(17)23)25-20(26)13-19(21(25)27)24-10-8-15(9-11-24)14-4-2-1-3-5-14/h1-7,12,15,19H,8-11,13H2/t19-/m1/s1. The van der Waals surface area contributed by atoms with E-state index in [-0.39, 0.29) is 23.3 Å². The van der Waals surface area contributed by atoms with E-state index in [4.69, 9.17) is 11.6 Å². The number of halogens is 2. The van der Waals surface area contributed by atoms with Crippen LogP contribution in [0.3, 0.4) is 0 Å². The monoisotopic (exact) mass is 386 g/mol. The molecule has 27 heavy (non-hydrogen) atoms. The molecule has 0 radical (unpaired) electrons. The highest BCUT2D eigenvalue weighted by Gasteiger charge is 2.43. The molecule has 0 aromatic heterocycles. The molecule has 2 saturated heterocycles. The van der Waals surface area contributed by atoms with Gasteiger partial charge in [-0.25, -0.2) is 9.29 Å². The number of piperidine rings is 1. The van der Waals surface area contributed by atoms with Crippen LogP contribution in [0.4, 0.5) is 10.1 Å². The van der Waals surface area contributed by atoms with Crippen molar-refractivity contribution in [3.63, 3.8) is 0 Å². The third-order valence-electron chi connectivity index (χ3n) is 5.53. The highest BCUT2D eigenvalue weighted by atomic mass is 35.5. The Kier molecular flexibility index (Phi) is 4.98. The lowest BCUT2D eigenvalue weighted by molar-refractivity contribution is -0.123. The Hall–Kier alpha value is -2.24. The average molecular weight is 387 g/mol. The lowest BCUT2D eigenvalue weighted by atomic mass is 9.89. The SMILES string of the molecule is O=C1C[C@@H](N2CCC(c3ccccc3)CC2)C(=O)N1c1ccc(F)c(Cl)c1. The minimum Gasteiger partial charge on any atom is -0.291 e. The van der Waals surface area contributed by atoms with Gasteiger partial charge in [0.2, 0.25) is 5.91 Å². The number of nitrogens with zero attached hydrogens (tertiary/aromatic N) is 2. The van der Waals surface area contributed by atoms with Crippen molar-refractivity contribution in [3.8, 4) is 0 Å². The second-order valence-electron chi connectivity index (χ2n) is 7.11. The summed E-state index contributed by atoms with van der Waals surface area (Å²) < 4.78 is 13.4. The Morgan fingerprint density at radius 2 is 1.70 bits per heavy atom. The maximum absolute atomic E-state index is 13.4. The van der Waals surface area contributed by atoms with Crippen LogP contribution in [0.1, 0.15) is 30.7 Å². The zero-order valence-electron chi connectivity index (χ0n) is 14.8. The Labute approximate surface area is 162 Å². The molecule has 0 unspecified atom stereocenters. The number of rotatable bonds is 3. The predicted molar refractivity (Wildman–Crippen MR) is 102 cm³/mol. The summed E-state index contributed by atoms with van der Waals surface area (Å²) in [7, 11) is 0. The number of carbonyl (C=O) groups excluding carboxylic acids is 2. The Morgan fingerprint density at radius 3 is 2.37 bits per heavy atom. The van der Waals surface area contributed by atoms with Crippen molar-refractivity contribution in [1.82, 2.24) is 4.90 Å². The molecule has 4 nitrogen and oxygen atoms in total. The number of anilines is 1. The van der Waals surface area contributed by atoms with Crippen LogP contribution in [0.15, 0.2) is 48.5 Å². The fraction of sp³-hybridized carbons (Fsp3) is 0.333. The third-order valence-corrected chi connectivity index (χ3v) is 5.82. The summed E-state index contributed by atoms with van der Waals surface area (Å²) in [6.45, 7) is 1.56. The van der Waals surface area contributed by atoms with Crippen LogP contribution in [0.5, 0.6) is 0 Å². The zero-order valence-corrected chi connectivity index (χ0v) is 15.5. The van der Waals surface area contributed by atoms with Crippen molar-refractivity contribution in [2.45, 2.75) is 31.2 Å². The molecule has 2 aliphatic rings. The van der Waals surface area contributed by atoms with Crippen molar-refractivity contribution >= 4 is 29.1 Å². The largest absolute Gasteiger partial charge is 0.291 e. The van der Waals surface area contributed by atoms with Crippen molar-refractivity contribution in [2.75, 3.05) is 18.0 Å². The lowest BCUT2D eigenvalue weighted by Crippen LogP contribution is -2.45. The molecule has 2 aromatic carbocycles. The van der Waals surface area contributed by atoms with E-state index >= 15 is 0 Å². The zero-order chi connectivity index (χ0) is 19.0. The third kappa shape index (κ3) is 3.49. The van der Waals surface area contributed by atoms with E-state index in [0.29, 0.717) is 11.6 Å². The van der Waals surface area contributed by atoms with E-state index in [9.17, 15) is 14.0 Å². The summed E-state index contributed by atoms with van der Waals surface area (Å²) in [5.41, 5.74) is 1.66. The van der Waals surface area contributed by atoms with Gasteiger partial charge in [0.15, 0.2) is 0 Å². The van der Waals surface area contributed by atoms with E-state index in [2.05, 4.69) is 17.0 Å². The second kappa shape index (κ2) is 7.41. The molecule has 0 spiro atoms. The molecule has 2 aliphatic heterocycles. The van der Waals surface area contributed by atoms with E-state index < -0.39 is 11.9 Å². The minimum absolute atomic E-state index is 0.0970. The van der Waals surface area contributed by atoms with Gasteiger partial charge in [-0.05, 0) is 55.6 Å². The predicted octanol–water partition coefficient (Wildman–Crippen LogP) is 3.99. The fourth-order valence-corrected chi connectivity index (χ4v) is 4.24. The number of hydrogen-bond acceptors (Lipinski definition) is 3. The summed E-state index contributed by atoms with van der Waals surface area (Å²) in [6, 6.07) is 13.9. The van der Waals surface area contributed by atoms with E-state index in [1.54, 1.807) is 0 Å². The Morgan fingerprint density at radius 1 is 1.00 bits per heavy atom. The number of imide groups is 1. The Bertz CT molecular complexity index is 866.